The second-order valence-electron chi connectivity index (χ2n) is 4.24. The lowest BCUT2D eigenvalue weighted by molar-refractivity contribution is -0.384. The average molecular weight is 310 g/mol. The first-order valence-electron chi connectivity index (χ1n) is 6.14. The molecule has 0 saturated heterocycles. The van der Waals surface area contributed by atoms with Gasteiger partial charge in [-0.15, -0.1) is 0 Å². The largest absolute Gasteiger partial charge is 0.366 e. The molecule has 0 radical (unpaired) electrons. The van der Waals surface area contributed by atoms with E-state index in [0.717, 1.165) is 11.9 Å². The fourth-order valence-corrected chi connectivity index (χ4v) is 2.92. The van der Waals surface area contributed by atoms with Gasteiger partial charge in [0.1, 0.15) is 0 Å². The predicted octanol–water partition coefficient (Wildman–Crippen LogP) is 1.66. The molecule has 0 spiro atoms. The molecule has 1 amide bonds. The number of nitro benzene ring substituents is 1. The van der Waals surface area contributed by atoms with Crippen molar-refractivity contribution in [2.24, 2.45) is 10.8 Å². The van der Waals surface area contributed by atoms with Crippen molar-refractivity contribution in [3.05, 3.63) is 34.4 Å². The monoisotopic (exact) mass is 310 g/mol. The summed E-state index contributed by atoms with van der Waals surface area (Å²) in [5, 5.41) is 14.9. The minimum absolute atomic E-state index is 0.0189. The van der Waals surface area contributed by atoms with E-state index in [-0.39, 0.29) is 5.69 Å². The fraction of sp³-hybridized carbons (Fsp3) is 0.333. The highest BCUT2D eigenvalue weighted by Crippen LogP contribution is 2.41. The summed E-state index contributed by atoms with van der Waals surface area (Å²) < 4.78 is 6.96. The number of carbonyl (C=O) groups excluding carboxylic acids is 1. The van der Waals surface area contributed by atoms with Gasteiger partial charge in [0, 0.05) is 30.7 Å². The molecule has 1 aliphatic rings. The van der Waals surface area contributed by atoms with Gasteiger partial charge in [-0.05, 0) is 26.0 Å². The lowest BCUT2D eigenvalue weighted by atomic mass is 10.2. The Balaban J connectivity index is 2.28. The van der Waals surface area contributed by atoms with Crippen LogP contribution in [-0.4, -0.2) is 28.1 Å². The zero-order valence-corrected chi connectivity index (χ0v) is 12.3. The van der Waals surface area contributed by atoms with E-state index in [9.17, 15) is 14.9 Å². The van der Waals surface area contributed by atoms with E-state index < -0.39 is 15.8 Å². The molecule has 2 rings (SSSR count). The smallest absolute Gasteiger partial charge is 0.269 e. The van der Waals surface area contributed by atoms with Crippen LogP contribution >= 0.6 is 11.9 Å². The van der Waals surface area contributed by atoms with Crippen LogP contribution in [0.15, 0.2) is 29.4 Å². The normalized spacial score (nSPS) is 21.2. The summed E-state index contributed by atoms with van der Waals surface area (Å²) in [6, 6.07) is 5.83. The minimum atomic E-state index is -1.34. The average Bonchev–Trinajstić information content (AvgIpc) is 2.78. The second kappa shape index (κ2) is 5.70. The minimum Gasteiger partial charge on any atom is -0.366 e. The summed E-state index contributed by atoms with van der Waals surface area (Å²) in [4.78, 5) is 20.5. The Bertz CT molecular complexity index is 604. The molecule has 112 valence electrons. The Kier molecular flexibility index (Phi) is 4.14. The van der Waals surface area contributed by atoms with Crippen molar-refractivity contribution in [1.29, 1.82) is 0 Å². The molecule has 1 aromatic rings. The van der Waals surface area contributed by atoms with Gasteiger partial charge in [-0.1, -0.05) is 0 Å². The van der Waals surface area contributed by atoms with Gasteiger partial charge in [-0.25, -0.2) is 4.41 Å². The highest BCUT2D eigenvalue weighted by molar-refractivity contribution is 8.03. The summed E-state index contributed by atoms with van der Waals surface area (Å²) in [6.07, 6.45) is 0. The first-order chi connectivity index (χ1) is 9.90. The van der Waals surface area contributed by atoms with Crippen molar-refractivity contribution in [2.45, 2.75) is 18.8 Å². The van der Waals surface area contributed by atoms with Crippen molar-refractivity contribution in [2.75, 3.05) is 11.0 Å². The van der Waals surface area contributed by atoms with Gasteiger partial charge in [0.25, 0.3) is 16.5 Å². The van der Waals surface area contributed by atoms with Gasteiger partial charge >= 0.3 is 0 Å². The number of hydrazone groups is 1. The van der Waals surface area contributed by atoms with Crippen molar-refractivity contribution in [3.63, 3.8) is 0 Å². The number of carbonyl (C=O) groups is 1. The molecule has 0 saturated carbocycles. The molecular weight excluding hydrogens is 296 g/mol. The second-order valence-corrected chi connectivity index (χ2v) is 5.34. The summed E-state index contributed by atoms with van der Waals surface area (Å²) >= 11 is 1.03. The molecule has 9 heteroatoms. The Labute approximate surface area is 125 Å². The van der Waals surface area contributed by atoms with Crippen LogP contribution in [0.2, 0.25) is 0 Å². The summed E-state index contributed by atoms with van der Waals surface area (Å²) in [7, 11) is 0. The summed E-state index contributed by atoms with van der Waals surface area (Å²) in [6.45, 7) is 3.71. The van der Waals surface area contributed by atoms with Crippen LogP contribution in [0.4, 0.5) is 11.4 Å². The number of amides is 1. The molecule has 1 atom stereocenters. The quantitative estimate of drug-likeness (QED) is 0.503. The van der Waals surface area contributed by atoms with E-state index in [1.165, 1.54) is 16.5 Å². The molecule has 0 aliphatic carbocycles. The van der Waals surface area contributed by atoms with Gasteiger partial charge < -0.3 is 10.5 Å². The lowest BCUT2D eigenvalue weighted by Gasteiger charge is -2.24. The number of non-ortho nitro benzene ring substituents is 1. The molecule has 21 heavy (non-hydrogen) atoms. The fourth-order valence-electron chi connectivity index (χ4n) is 1.85. The standard InChI is InChI=1S/C12H14N4O4S/c1-3-20-12(11(13)17)8(2)14-15(21-12)9-4-6-10(7-5-9)16(18)19/h4-7H,3H2,1-2H3,(H2,13,17). The Hall–Kier alpha value is -2.13. The number of benzene rings is 1. The maximum absolute atomic E-state index is 11.7. The van der Waals surface area contributed by atoms with Crippen LogP contribution in [0, 0.1) is 10.1 Å². The summed E-state index contributed by atoms with van der Waals surface area (Å²) in [5.41, 5.74) is 6.43. The maximum Gasteiger partial charge on any atom is 0.269 e. The third kappa shape index (κ3) is 2.69. The van der Waals surface area contributed by atoms with Crippen molar-refractivity contribution in [1.82, 2.24) is 0 Å². The number of anilines is 1. The number of primary amides is 1. The van der Waals surface area contributed by atoms with E-state index in [4.69, 9.17) is 10.5 Å². The van der Waals surface area contributed by atoms with Crippen LogP contribution in [0.1, 0.15) is 13.8 Å². The molecule has 0 bridgehead atoms. The predicted molar refractivity (Wildman–Crippen MR) is 79.8 cm³/mol. The van der Waals surface area contributed by atoms with Gasteiger partial charge in [-0.3, -0.25) is 14.9 Å². The molecular formula is C12H14N4O4S. The van der Waals surface area contributed by atoms with Gasteiger partial charge in [0.15, 0.2) is 0 Å². The molecule has 0 fully saturated rings. The first-order valence-corrected chi connectivity index (χ1v) is 6.91. The van der Waals surface area contributed by atoms with Crippen molar-refractivity contribution in [3.8, 4) is 0 Å². The number of hydrogen-bond acceptors (Lipinski definition) is 7. The zero-order valence-electron chi connectivity index (χ0n) is 11.5. The van der Waals surface area contributed by atoms with E-state index in [1.54, 1.807) is 26.0 Å². The molecule has 1 aromatic carbocycles. The third-order valence-electron chi connectivity index (χ3n) is 2.89. The van der Waals surface area contributed by atoms with E-state index in [2.05, 4.69) is 5.10 Å². The molecule has 1 heterocycles. The topological polar surface area (TPSA) is 111 Å². The van der Waals surface area contributed by atoms with E-state index in [0.29, 0.717) is 18.0 Å². The number of ether oxygens (including phenoxy) is 1. The van der Waals surface area contributed by atoms with Crippen LogP contribution < -0.4 is 10.1 Å². The number of nitro groups is 1. The van der Waals surface area contributed by atoms with Crippen molar-refractivity contribution < 1.29 is 14.5 Å². The SMILES string of the molecule is CCOC1(C(N)=O)SN(c2ccc([N+](=O)[O-])cc2)N=C1C. The molecule has 8 nitrogen and oxygen atoms in total. The Morgan fingerprint density at radius 3 is 2.62 bits per heavy atom. The molecule has 2 N–H and O–H groups in total. The zero-order chi connectivity index (χ0) is 15.6. The summed E-state index contributed by atoms with van der Waals surface area (Å²) in [5.74, 6) is -0.639. The lowest BCUT2D eigenvalue weighted by Crippen LogP contribution is -2.47. The number of hydrogen-bond donors (Lipinski definition) is 1. The van der Waals surface area contributed by atoms with Gasteiger partial charge in [0.05, 0.1) is 16.3 Å². The van der Waals surface area contributed by atoms with Crippen LogP contribution in [0.5, 0.6) is 0 Å². The van der Waals surface area contributed by atoms with Gasteiger partial charge in [-0.2, -0.15) is 5.10 Å². The van der Waals surface area contributed by atoms with Crippen molar-refractivity contribution >= 4 is 34.9 Å². The molecule has 0 aromatic heterocycles. The van der Waals surface area contributed by atoms with Crippen LogP contribution in [-0.2, 0) is 9.53 Å². The number of nitrogens with two attached hydrogens (primary N) is 1. The van der Waals surface area contributed by atoms with Crippen LogP contribution in [0.3, 0.4) is 0 Å². The maximum atomic E-state index is 11.7. The van der Waals surface area contributed by atoms with E-state index >= 15 is 0 Å². The third-order valence-corrected chi connectivity index (χ3v) is 4.22. The molecule has 1 unspecified atom stereocenters. The molecule has 1 aliphatic heterocycles. The number of nitrogens with zero attached hydrogens (tertiary/aromatic N) is 3. The van der Waals surface area contributed by atoms with E-state index in [1.807, 2.05) is 0 Å². The first kappa shape index (κ1) is 15.3. The highest BCUT2D eigenvalue weighted by atomic mass is 32.2. The Morgan fingerprint density at radius 1 is 1.52 bits per heavy atom. The number of rotatable bonds is 5. The van der Waals surface area contributed by atoms with Crippen LogP contribution in [0.25, 0.3) is 0 Å². The van der Waals surface area contributed by atoms with Gasteiger partial charge in [0.2, 0.25) is 0 Å². The highest BCUT2D eigenvalue weighted by Gasteiger charge is 2.49. The Morgan fingerprint density at radius 2 is 2.14 bits per heavy atom.